The van der Waals surface area contributed by atoms with Crippen LogP contribution in [-0.4, -0.2) is 16.7 Å². The molecule has 0 saturated carbocycles. The Hall–Kier alpha value is -2.64. The molecule has 0 spiro atoms. The number of carbonyl (C=O) groups excluding carboxylic acids is 2. The van der Waals surface area contributed by atoms with Crippen molar-refractivity contribution >= 4 is 52.1 Å². The van der Waals surface area contributed by atoms with Crippen molar-refractivity contribution in [3.8, 4) is 0 Å². The van der Waals surface area contributed by atoms with Gasteiger partial charge in [0, 0.05) is 24.7 Å². The molecule has 0 aromatic heterocycles. The Balaban J connectivity index is 2.31. The largest absolute Gasteiger partial charge is 0.326 e. The van der Waals surface area contributed by atoms with Gasteiger partial charge in [0.25, 0.3) is 11.6 Å². The summed E-state index contributed by atoms with van der Waals surface area (Å²) in [7, 11) is 0. The third-order valence-corrected chi connectivity index (χ3v) is 3.60. The molecular weight excluding hydrogens is 357 g/mol. The van der Waals surface area contributed by atoms with Gasteiger partial charge in [-0.1, -0.05) is 23.2 Å². The zero-order valence-corrected chi connectivity index (χ0v) is 13.8. The minimum Gasteiger partial charge on any atom is -0.326 e. The molecule has 7 nitrogen and oxygen atoms in total. The Bertz CT molecular complexity index is 839. The summed E-state index contributed by atoms with van der Waals surface area (Å²) in [6.45, 7) is 1.34. The molecule has 0 aliphatic heterocycles. The molecule has 2 aromatic carbocycles. The monoisotopic (exact) mass is 367 g/mol. The molecule has 0 atom stereocenters. The first-order valence-electron chi connectivity index (χ1n) is 6.60. The van der Waals surface area contributed by atoms with E-state index in [9.17, 15) is 19.7 Å². The van der Waals surface area contributed by atoms with E-state index in [1.54, 1.807) is 6.07 Å². The van der Waals surface area contributed by atoms with Gasteiger partial charge in [-0.25, -0.2) is 0 Å². The molecule has 124 valence electrons. The molecule has 0 aliphatic rings. The van der Waals surface area contributed by atoms with E-state index in [1.165, 1.54) is 31.2 Å². The molecule has 9 heteroatoms. The summed E-state index contributed by atoms with van der Waals surface area (Å²) in [4.78, 5) is 33.6. The van der Waals surface area contributed by atoms with Gasteiger partial charge in [0.05, 0.1) is 26.2 Å². The van der Waals surface area contributed by atoms with Gasteiger partial charge in [-0.05, 0) is 24.3 Å². The molecule has 0 unspecified atom stereocenters. The van der Waals surface area contributed by atoms with Crippen molar-refractivity contribution in [1.29, 1.82) is 0 Å². The number of hydrogen-bond donors (Lipinski definition) is 2. The fraction of sp³-hybridized carbons (Fsp3) is 0.0667. The molecule has 0 heterocycles. The van der Waals surface area contributed by atoms with Crippen LogP contribution in [0.15, 0.2) is 36.4 Å². The molecule has 0 fully saturated rings. The number of nitro benzene ring substituents is 1. The lowest BCUT2D eigenvalue weighted by Gasteiger charge is -2.10. The lowest BCUT2D eigenvalue weighted by atomic mass is 10.1. The van der Waals surface area contributed by atoms with Gasteiger partial charge >= 0.3 is 0 Å². The Labute approximate surface area is 146 Å². The van der Waals surface area contributed by atoms with Crippen molar-refractivity contribution in [1.82, 2.24) is 0 Å². The molecular formula is C15H11Cl2N3O4. The number of nitrogens with one attached hydrogen (secondary N) is 2. The Morgan fingerprint density at radius 2 is 1.71 bits per heavy atom. The fourth-order valence-corrected chi connectivity index (χ4v) is 2.26. The third-order valence-electron chi connectivity index (χ3n) is 2.94. The van der Waals surface area contributed by atoms with Crippen molar-refractivity contribution < 1.29 is 14.5 Å². The number of anilines is 2. The molecule has 24 heavy (non-hydrogen) atoms. The molecule has 2 N–H and O–H groups in total. The van der Waals surface area contributed by atoms with Crippen LogP contribution in [0.4, 0.5) is 17.1 Å². The highest BCUT2D eigenvalue weighted by Gasteiger charge is 2.17. The van der Waals surface area contributed by atoms with Gasteiger partial charge < -0.3 is 10.6 Å². The summed E-state index contributed by atoms with van der Waals surface area (Å²) in [5.74, 6) is -0.943. The van der Waals surface area contributed by atoms with Crippen LogP contribution < -0.4 is 10.6 Å². The van der Waals surface area contributed by atoms with Gasteiger partial charge in [0.2, 0.25) is 5.91 Å². The highest BCUT2D eigenvalue weighted by Crippen LogP contribution is 2.28. The van der Waals surface area contributed by atoms with E-state index in [0.29, 0.717) is 5.69 Å². The molecule has 2 aromatic rings. The molecule has 0 saturated heterocycles. The number of benzene rings is 2. The summed E-state index contributed by atoms with van der Waals surface area (Å²) in [5.41, 5.74) is 0.345. The lowest BCUT2D eigenvalue weighted by Crippen LogP contribution is -2.14. The summed E-state index contributed by atoms with van der Waals surface area (Å²) >= 11 is 11.9. The number of non-ortho nitro benzene ring substituents is 1. The van der Waals surface area contributed by atoms with Gasteiger partial charge in [0.15, 0.2) is 0 Å². The van der Waals surface area contributed by atoms with Crippen LogP contribution in [0.2, 0.25) is 10.0 Å². The molecule has 0 bridgehead atoms. The minimum atomic E-state index is -0.662. The Morgan fingerprint density at radius 1 is 1.04 bits per heavy atom. The number of halogens is 2. The zero-order chi connectivity index (χ0) is 17.9. The first kappa shape index (κ1) is 17.7. The van der Waals surface area contributed by atoms with E-state index in [1.807, 2.05) is 0 Å². The quantitative estimate of drug-likeness (QED) is 0.626. The summed E-state index contributed by atoms with van der Waals surface area (Å²) < 4.78 is 0. The molecule has 0 radical (unpaired) electrons. The number of nitrogens with zero attached hydrogens (tertiary/aromatic N) is 1. The number of nitro groups is 1. The van der Waals surface area contributed by atoms with E-state index in [2.05, 4.69) is 10.6 Å². The van der Waals surface area contributed by atoms with E-state index in [0.717, 1.165) is 6.07 Å². The van der Waals surface area contributed by atoms with Crippen molar-refractivity contribution in [2.75, 3.05) is 10.6 Å². The predicted molar refractivity (Wildman–Crippen MR) is 91.8 cm³/mol. The number of amides is 2. The number of rotatable bonds is 4. The second kappa shape index (κ2) is 7.29. The summed E-state index contributed by atoms with van der Waals surface area (Å²) in [6, 6.07) is 8.07. The van der Waals surface area contributed by atoms with Gasteiger partial charge in [-0.2, -0.15) is 0 Å². The smallest absolute Gasteiger partial charge is 0.270 e. The zero-order valence-electron chi connectivity index (χ0n) is 12.3. The van der Waals surface area contributed by atoms with Crippen molar-refractivity contribution in [2.45, 2.75) is 6.92 Å². The molecule has 0 aliphatic carbocycles. The fourth-order valence-electron chi connectivity index (χ4n) is 1.89. The normalized spacial score (nSPS) is 10.1. The first-order chi connectivity index (χ1) is 11.3. The van der Waals surface area contributed by atoms with Crippen molar-refractivity contribution in [2.24, 2.45) is 0 Å². The maximum atomic E-state index is 12.3. The lowest BCUT2D eigenvalue weighted by molar-refractivity contribution is -0.384. The van der Waals surface area contributed by atoms with Crippen LogP contribution in [0.1, 0.15) is 17.3 Å². The Kier molecular flexibility index (Phi) is 5.38. The molecule has 2 amide bonds. The highest BCUT2D eigenvalue weighted by molar-refractivity contribution is 6.36. The number of carbonyl (C=O) groups is 2. The maximum Gasteiger partial charge on any atom is 0.270 e. The second-order valence-electron chi connectivity index (χ2n) is 4.75. The first-order valence-corrected chi connectivity index (χ1v) is 7.36. The van der Waals surface area contributed by atoms with Crippen molar-refractivity contribution in [3.63, 3.8) is 0 Å². The van der Waals surface area contributed by atoms with Crippen LogP contribution in [0.5, 0.6) is 0 Å². The molecule has 2 rings (SSSR count). The van der Waals surface area contributed by atoms with Gasteiger partial charge in [0.1, 0.15) is 0 Å². The van der Waals surface area contributed by atoms with E-state index in [4.69, 9.17) is 23.2 Å². The van der Waals surface area contributed by atoms with E-state index >= 15 is 0 Å². The van der Waals surface area contributed by atoms with Crippen LogP contribution in [-0.2, 0) is 4.79 Å². The summed E-state index contributed by atoms with van der Waals surface area (Å²) in [6.07, 6.45) is 0. The maximum absolute atomic E-state index is 12.3. The topological polar surface area (TPSA) is 101 Å². The van der Waals surface area contributed by atoms with Gasteiger partial charge in [-0.15, -0.1) is 0 Å². The average molecular weight is 368 g/mol. The SMILES string of the molecule is CC(=O)Nc1ccc(Cl)c(NC(=O)c2cc([N+](=O)[O-])ccc2Cl)c1. The Morgan fingerprint density at radius 3 is 2.33 bits per heavy atom. The average Bonchev–Trinajstić information content (AvgIpc) is 2.50. The van der Waals surface area contributed by atoms with Crippen molar-refractivity contribution in [3.05, 3.63) is 62.1 Å². The van der Waals surface area contributed by atoms with E-state index in [-0.39, 0.29) is 32.9 Å². The van der Waals surface area contributed by atoms with Crippen LogP contribution in [0, 0.1) is 10.1 Å². The second-order valence-corrected chi connectivity index (χ2v) is 5.57. The minimum absolute atomic E-state index is 0.0623. The third kappa shape index (κ3) is 4.21. The van der Waals surface area contributed by atoms with Gasteiger partial charge in [-0.3, -0.25) is 19.7 Å². The highest BCUT2D eigenvalue weighted by atomic mass is 35.5. The standard InChI is InChI=1S/C15H11Cl2N3O4/c1-8(21)18-9-2-4-13(17)14(6-9)19-15(22)11-7-10(20(23)24)3-5-12(11)16/h2-7H,1H3,(H,18,21)(H,19,22). The number of hydrogen-bond acceptors (Lipinski definition) is 4. The van der Waals surface area contributed by atoms with Crippen LogP contribution in [0.25, 0.3) is 0 Å². The summed E-state index contributed by atoms with van der Waals surface area (Å²) in [5, 5.41) is 16.2. The van der Waals surface area contributed by atoms with E-state index < -0.39 is 10.8 Å². The van der Waals surface area contributed by atoms with Crippen LogP contribution in [0.3, 0.4) is 0 Å². The van der Waals surface area contributed by atoms with Crippen LogP contribution >= 0.6 is 23.2 Å². The predicted octanol–water partition coefficient (Wildman–Crippen LogP) is 4.11.